The summed E-state index contributed by atoms with van der Waals surface area (Å²) in [7, 11) is 0. The second-order valence-corrected chi connectivity index (χ2v) is 7.44. The van der Waals surface area contributed by atoms with Gasteiger partial charge in [0.15, 0.2) is 5.69 Å². The van der Waals surface area contributed by atoms with Crippen molar-refractivity contribution < 1.29 is 9.59 Å². The number of amides is 2. The van der Waals surface area contributed by atoms with Crippen LogP contribution < -0.4 is 10.6 Å². The molecular formula is C21H21ClN4O2. The van der Waals surface area contributed by atoms with Gasteiger partial charge in [0.05, 0.1) is 5.52 Å². The van der Waals surface area contributed by atoms with E-state index < -0.39 is 0 Å². The Balaban J connectivity index is 1.55. The fourth-order valence-corrected chi connectivity index (χ4v) is 3.68. The van der Waals surface area contributed by atoms with Crippen molar-refractivity contribution >= 4 is 28.9 Å². The molecular weight excluding hydrogens is 376 g/mol. The van der Waals surface area contributed by atoms with Crippen LogP contribution in [0, 0.1) is 0 Å². The largest absolute Gasteiger partial charge is 0.347 e. The molecule has 2 amide bonds. The van der Waals surface area contributed by atoms with Crippen LogP contribution in [0.3, 0.4) is 0 Å². The molecule has 0 atom stereocenters. The smallest absolute Gasteiger partial charge is 0.287 e. The molecule has 2 aromatic heterocycles. The first-order valence-electron chi connectivity index (χ1n) is 9.42. The molecule has 6 nitrogen and oxygen atoms in total. The van der Waals surface area contributed by atoms with Gasteiger partial charge in [-0.1, -0.05) is 42.6 Å². The van der Waals surface area contributed by atoms with Crippen LogP contribution in [0.1, 0.15) is 52.4 Å². The second kappa shape index (κ2) is 8.02. The number of hydrogen-bond acceptors (Lipinski definition) is 3. The van der Waals surface area contributed by atoms with Crippen LogP contribution in [-0.2, 0) is 6.54 Å². The third-order valence-electron chi connectivity index (χ3n) is 5.02. The molecule has 144 valence electrons. The van der Waals surface area contributed by atoms with Crippen LogP contribution >= 0.6 is 11.6 Å². The number of carbonyl (C=O) groups excluding carboxylic acids is 2. The van der Waals surface area contributed by atoms with E-state index in [2.05, 4.69) is 15.6 Å². The molecule has 4 rings (SSSR count). The van der Waals surface area contributed by atoms with Gasteiger partial charge in [0.2, 0.25) is 5.82 Å². The number of nitrogens with zero attached hydrogens (tertiary/aromatic N) is 2. The van der Waals surface area contributed by atoms with Gasteiger partial charge in [-0.05, 0) is 42.7 Å². The van der Waals surface area contributed by atoms with Gasteiger partial charge in [0.25, 0.3) is 11.8 Å². The van der Waals surface area contributed by atoms with E-state index in [9.17, 15) is 9.59 Å². The molecule has 0 aliphatic heterocycles. The highest BCUT2D eigenvalue weighted by Gasteiger charge is 2.24. The fraction of sp³-hybridized carbons (Fsp3) is 0.286. The number of nitrogens with one attached hydrogen (secondary N) is 2. The monoisotopic (exact) mass is 396 g/mol. The lowest BCUT2D eigenvalue weighted by Crippen LogP contribution is -2.34. The Hall–Kier alpha value is -2.86. The van der Waals surface area contributed by atoms with Gasteiger partial charge in [-0.15, -0.1) is 0 Å². The van der Waals surface area contributed by atoms with Crippen LogP contribution in [0.2, 0.25) is 5.02 Å². The predicted octanol–water partition coefficient (Wildman–Crippen LogP) is 3.59. The predicted molar refractivity (Wildman–Crippen MR) is 108 cm³/mol. The Labute approximate surface area is 167 Å². The highest BCUT2D eigenvalue weighted by Crippen LogP contribution is 2.19. The molecule has 2 N–H and O–H groups in total. The van der Waals surface area contributed by atoms with E-state index in [1.54, 1.807) is 28.8 Å². The SMILES string of the molecule is O=C(NCc1ccc(Cl)cc1)c1nc(C(=O)NC2CCCC2)n2ccccc12. The molecule has 3 aromatic rings. The minimum absolute atomic E-state index is 0.186. The molecule has 0 unspecified atom stereocenters. The van der Waals surface area contributed by atoms with Gasteiger partial charge in [-0.3, -0.25) is 14.0 Å². The molecule has 0 saturated heterocycles. The van der Waals surface area contributed by atoms with E-state index in [-0.39, 0.29) is 29.4 Å². The summed E-state index contributed by atoms with van der Waals surface area (Å²) in [4.78, 5) is 29.8. The number of imidazole rings is 1. The van der Waals surface area contributed by atoms with E-state index in [1.807, 2.05) is 24.3 Å². The summed E-state index contributed by atoms with van der Waals surface area (Å²) in [6.45, 7) is 0.353. The molecule has 0 bridgehead atoms. The molecule has 1 aliphatic carbocycles. The Morgan fingerprint density at radius 3 is 2.57 bits per heavy atom. The standard InChI is InChI=1S/C21H21ClN4O2/c22-15-10-8-14(9-11-15)13-23-20(27)18-17-7-3-4-12-26(17)19(25-18)21(28)24-16-5-1-2-6-16/h3-4,7-12,16H,1-2,5-6,13H2,(H,23,27)(H,24,28). The van der Waals surface area contributed by atoms with Gasteiger partial charge >= 0.3 is 0 Å². The van der Waals surface area contributed by atoms with Gasteiger partial charge in [0.1, 0.15) is 0 Å². The van der Waals surface area contributed by atoms with Crippen LogP contribution in [0.15, 0.2) is 48.7 Å². The number of benzene rings is 1. The molecule has 28 heavy (non-hydrogen) atoms. The average Bonchev–Trinajstić information content (AvgIpc) is 3.35. The molecule has 1 fully saturated rings. The maximum atomic E-state index is 12.7. The first-order chi connectivity index (χ1) is 13.6. The number of fused-ring (bicyclic) bond motifs is 1. The third kappa shape index (κ3) is 3.87. The van der Waals surface area contributed by atoms with Crippen LogP contribution in [-0.4, -0.2) is 27.2 Å². The maximum absolute atomic E-state index is 12.7. The molecule has 2 heterocycles. The topological polar surface area (TPSA) is 75.5 Å². The summed E-state index contributed by atoms with van der Waals surface area (Å²) < 4.78 is 1.67. The van der Waals surface area contributed by atoms with Crippen molar-refractivity contribution in [1.82, 2.24) is 20.0 Å². The summed E-state index contributed by atoms with van der Waals surface area (Å²) in [5.74, 6) is -0.331. The van der Waals surface area contributed by atoms with E-state index >= 15 is 0 Å². The average molecular weight is 397 g/mol. The zero-order chi connectivity index (χ0) is 19.5. The van der Waals surface area contributed by atoms with Crippen molar-refractivity contribution in [2.24, 2.45) is 0 Å². The van der Waals surface area contributed by atoms with Crippen LogP contribution in [0.4, 0.5) is 0 Å². The molecule has 1 saturated carbocycles. The first-order valence-corrected chi connectivity index (χ1v) is 9.80. The molecule has 7 heteroatoms. The van der Waals surface area contributed by atoms with Gasteiger partial charge in [-0.25, -0.2) is 4.98 Å². The lowest BCUT2D eigenvalue weighted by molar-refractivity contribution is 0.0926. The van der Waals surface area contributed by atoms with Crippen molar-refractivity contribution in [3.63, 3.8) is 0 Å². The summed E-state index contributed by atoms with van der Waals surface area (Å²) in [6, 6.07) is 12.9. The van der Waals surface area contributed by atoms with Crippen molar-refractivity contribution in [1.29, 1.82) is 0 Å². The molecule has 1 aliphatic rings. The number of aromatic nitrogens is 2. The number of carbonyl (C=O) groups is 2. The summed E-state index contributed by atoms with van der Waals surface area (Å²) in [5, 5.41) is 6.55. The van der Waals surface area contributed by atoms with E-state index in [4.69, 9.17) is 11.6 Å². The van der Waals surface area contributed by atoms with E-state index in [1.165, 1.54) is 0 Å². The van der Waals surface area contributed by atoms with E-state index in [0.29, 0.717) is 17.1 Å². The number of hydrogen-bond donors (Lipinski definition) is 2. The highest BCUT2D eigenvalue weighted by atomic mass is 35.5. The quantitative estimate of drug-likeness (QED) is 0.692. The van der Waals surface area contributed by atoms with Gasteiger partial charge in [0, 0.05) is 23.8 Å². The van der Waals surface area contributed by atoms with Crippen LogP contribution in [0.5, 0.6) is 0 Å². The minimum atomic E-state index is -0.321. The van der Waals surface area contributed by atoms with Crippen molar-refractivity contribution in [3.05, 3.63) is 70.8 Å². The summed E-state index contributed by atoms with van der Waals surface area (Å²) in [5.41, 5.74) is 1.78. The number of pyridine rings is 1. The Kier molecular flexibility index (Phi) is 5.30. The van der Waals surface area contributed by atoms with Crippen molar-refractivity contribution in [3.8, 4) is 0 Å². The van der Waals surface area contributed by atoms with Crippen molar-refractivity contribution in [2.75, 3.05) is 0 Å². The number of rotatable bonds is 5. The van der Waals surface area contributed by atoms with E-state index in [0.717, 1.165) is 31.2 Å². The maximum Gasteiger partial charge on any atom is 0.287 e. The fourth-order valence-electron chi connectivity index (χ4n) is 3.55. The van der Waals surface area contributed by atoms with Gasteiger partial charge < -0.3 is 10.6 Å². The normalized spacial score (nSPS) is 14.3. The summed E-state index contributed by atoms with van der Waals surface area (Å²) >= 11 is 5.89. The zero-order valence-corrected chi connectivity index (χ0v) is 16.1. The number of halogens is 1. The molecule has 0 radical (unpaired) electrons. The Morgan fingerprint density at radius 2 is 1.82 bits per heavy atom. The Bertz CT molecular complexity index is 1010. The minimum Gasteiger partial charge on any atom is -0.347 e. The lowest BCUT2D eigenvalue weighted by atomic mass is 10.2. The third-order valence-corrected chi connectivity index (χ3v) is 5.28. The summed E-state index contributed by atoms with van der Waals surface area (Å²) in [6.07, 6.45) is 5.99. The lowest BCUT2D eigenvalue weighted by Gasteiger charge is -2.10. The highest BCUT2D eigenvalue weighted by molar-refractivity contribution is 6.30. The van der Waals surface area contributed by atoms with Crippen LogP contribution in [0.25, 0.3) is 5.52 Å². The Morgan fingerprint density at radius 1 is 1.07 bits per heavy atom. The zero-order valence-electron chi connectivity index (χ0n) is 15.3. The second-order valence-electron chi connectivity index (χ2n) is 7.00. The first kappa shape index (κ1) is 18.5. The van der Waals surface area contributed by atoms with Gasteiger partial charge in [-0.2, -0.15) is 0 Å². The van der Waals surface area contributed by atoms with Crippen molar-refractivity contribution in [2.45, 2.75) is 38.3 Å². The molecule has 1 aromatic carbocycles. The molecule has 0 spiro atoms.